The highest BCUT2D eigenvalue weighted by atomic mass is 32.2. The number of carbonyl (C=O) groups is 1. The first-order valence-corrected chi connectivity index (χ1v) is 10.8. The molecule has 2 rings (SSSR count). The molecule has 2 aromatic carbocycles. The van der Waals surface area contributed by atoms with Crippen molar-refractivity contribution in [3.8, 4) is 5.75 Å². The van der Waals surface area contributed by atoms with Crippen molar-refractivity contribution in [1.29, 1.82) is 0 Å². The van der Waals surface area contributed by atoms with Crippen molar-refractivity contribution in [1.82, 2.24) is 0 Å². The summed E-state index contributed by atoms with van der Waals surface area (Å²) in [4.78, 5) is 14.1. The molecule has 0 fully saturated rings. The van der Waals surface area contributed by atoms with Crippen LogP contribution < -0.4 is 15.8 Å². The fourth-order valence-electron chi connectivity index (χ4n) is 2.09. The zero-order valence-corrected chi connectivity index (χ0v) is 16.3. The molecular weight excluding hydrogens is 372 g/mol. The molecule has 0 saturated heterocycles. The maximum atomic E-state index is 12.0. The third-order valence-electron chi connectivity index (χ3n) is 3.55. The van der Waals surface area contributed by atoms with Gasteiger partial charge in [0.25, 0.3) is 0 Å². The number of nitrogens with two attached hydrogens (primary N) is 1. The van der Waals surface area contributed by atoms with Gasteiger partial charge < -0.3 is 15.8 Å². The topological polar surface area (TPSA) is 98.5 Å². The molecule has 1 amide bonds. The predicted molar refractivity (Wildman–Crippen MR) is 104 cm³/mol. The first-order valence-electron chi connectivity index (χ1n) is 7.93. The normalized spacial score (nSPS) is 12.4. The maximum Gasteiger partial charge on any atom is 0.241 e. The number of sulfone groups is 1. The first-order chi connectivity index (χ1) is 12.3. The molecule has 0 aromatic heterocycles. The van der Waals surface area contributed by atoms with Crippen LogP contribution in [0.15, 0.2) is 58.3 Å². The lowest BCUT2D eigenvalue weighted by atomic mass is 10.2. The van der Waals surface area contributed by atoms with Crippen molar-refractivity contribution in [2.75, 3.05) is 24.4 Å². The minimum atomic E-state index is -3.14. The van der Waals surface area contributed by atoms with Crippen molar-refractivity contribution < 1.29 is 17.9 Å². The van der Waals surface area contributed by atoms with E-state index >= 15 is 0 Å². The average Bonchev–Trinajstić information content (AvgIpc) is 2.61. The smallest absolute Gasteiger partial charge is 0.241 e. The molecular formula is C18H22N2O4S2. The number of hydrogen-bond acceptors (Lipinski definition) is 6. The summed E-state index contributed by atoms with van der Waals surface area (Å²) in [5.74, 6) is 0.294. The fraction of sp³-hybridized carbons (Fsp3) is 0.278. The Morgan fingerprint density at radius 3 is 2.15 bits per heavy atom. The molecule has 0 saturated carbocycles. The summed E-state index contributed by atoms with van der Waals surface area (Å²) < 4.78 is 27.4. The Labute approximate surface area is 158 Å². The van der Waals surface area contributed by atoms with Crippen LogP contribution in [-0.4, -0.2) is 39.5 Å². The highest BCUT2D eigenvalue weighted by Gasteiger charge is 2.16. The van der Waals surface area contributed by atoms with Crippen LogP contribution in [0, 0.1) is 0 Å². The fourth-order valence-corrected chi connectivity index (χ4v) is 3.59. The number of ether oxygens (including phenoxy) is 1. The molecule has 3 N–H and O–H groups in total. The summed E-state index contributed by atoms with van der Waals surface area (Å²) >= 11 is 1.59. The number of rotatable bonds is 8. The second-order valence-corrected chi connectivity index (χ2v) is 9.22. The number of amides is 1. The molecule has 2 aromatic rings. The van der Waals surface area contributed by atoms with Crippen LogP contribution in [0.5, 0.6) is 5.75 Å². The van der Waals surface area contributed by atoms with E-state index in [9.17, 15) is 13.2 Å². The Bertz CT molecular complexity index is 834. The minimum absolute atomic E-state index is 0.0933. The molecule has 0 heterocycles. The van der Waals surface area contributed by atoms with Gasteiger partial charge in [0.05, 0.1) is 18.9 Å². The van der Waals surface area contributed by atoms with Gasteiger partial charge in [-0.05, 0) is 55.0 Å². The summed E-state index contributed by atoms with van der Waals surface area (Å²) in [5, 5.41) is 2.70. The van der Waals surface area contributed by atoms with Crippen LogP contribution >= 0.6 is 11.8 Å². The number of anilines is 1. The average molecular weight is 395 g/mol. The largest absolute Gasteiger partial charge is 0.497 e. The van der Waals surface area contributed by atoms with Crippen molar-refractivity contribution in [3.63, 3.8) is 0 Å². The predicted octanol–water partition coefficient (Wildman–Crippen LogP) is 2.55. The molecule has 0 aliphatic carbocycles. The van der Waals surface area contributed by atoms with Gasteiger partial charge in [-0.15, -0.1) is 0 Å². The monoisotopic (exact) mass is 394 g/mol. The van der Waals surface area contributed by atoms with Gasteiger partial charge in [0, 0.05) is 21.7 Å². The molecule has 26 heavy (non-hydrogen) atoms. The van der Waals surface area contributed by atoms with Crippen molar-refractivity contribution in [3.05, 3.63) is 48.5 Å². The summed E-state index contributed by atoms with van der Waals surface area (Å²) in [7, 11) is -1.51. The standard InChI is InChI=1S/C18H22N2O4S2/c1-24-14-5-9-16(10-6-14)25-15-7-3-13(4-8-15)20-18(21)17(19)11-12-26(2,22)23/h3-10,17H,11-12,19H2,1-2H3,(H,20,21). The summed E-state index contributed by atoms with van der Waals surface area (Å²) in [6.07, 6.45) is 1.22. The molecule has 6 nitrogen and oxygen atoms in total. The van der Waals surface area contributed by atoms with E-state index in [2.05, 4.69) is 5.32 Å². The van der Waals surface area contributed by atoms with Gasteiger partial charge in [0.15, 0.2) is 0 Å². The molecule has 0 aliphatic rings. The van der Waals surface area contributed by atoms with Crippen LogP contribution in [0.2, 0.25) is 0 Å². The third kappa shape index (κ3) is 6.70. The quantitative estimate of drug-likeness (QED) is 0.714. The summed E-state index contributed by atoms with van der Waals surface area (Å²) in [5.41, 5.74) is 6.35. The van der Waals surface area contributed by atoms with Crippen LogP contribution in [0.3, 0.4) is 0 Å². The second-order valence-electron chi connectivity index (χ2n) is 5.82. The summed E-state index contributed by atoms with van der Waals surface area (Å²) in [6.45, 7) is 0. The molecule has 1 unspecified atom stereocenters. The first kappa shape index (κ1) is 20.3. The molecule has 0 aliphatic heterocycles. The third-order valence-corrected chi connectivity index (χ3v) is 5.55. The minimum Gasteiger partial charge on any atom is -0.497 e. The van der Waals surface area contributed by atoms with E-state index in [4.69, 9.17) is 10.5 Å². The molecule has 140 valence electrons. The van der Waals surface area contributed by atoms with E-state index in [-0.39, 0.29) is 12.2 Å². The lowest BCUT2D eigenvalue weighted by Crippen LogP contribution is -2.37. The van der Waals surface area contributed by atoms with Crippen molar-refractivity contribution in [2.24, 2.45) is 5.73 Å². The number of methoxy groups -OCH3 is 1. The molecule has 8 heteroatoms. The zero-order valence-electron chi connectivity index (χ0n) is 14.6. The number of carbonyl (C=O) groups excluding carboxylic acids is 1. The molecule has 1 atom stereocenters. The number of nitrogens with one attached hydrogen (secondary N) is 1. The Hall–Kier alpha value is -2.03. The Morgan fingerprint density at radius 2 is 1.65 bits per heavy atom. The van der Waals surface area contributed by atoms with E-state index < -0.39 is 21.8 Å². The summed E-state index contributed by atoms with van der Waals surface area (Å²) in [6, 6.07) is 14.2. The van der Waals surface area contributed by atoms with Crippen LogP contribution in [-0.2, 0) is 14.6 Å². The van der Waals surface area contributed by atoms with Gasteiger partial charge >= 0.3 is 0 Å². The van der Waals surface area contributed by atoms with Gasteiger partial charge in [0.1, 0.15) is 15.6 Å². The Kier molecular flexibility index (Phi) is 7.07. The lowest BCUT2D eigenvalue weighted by molar-refractivity contribution is -0.117. The van der Waals surface area contributed by atoms with Gasteiger partial charge in [-0.25, -0.2) is 8.42 Å². The van der Waals surface area contributed by atoms with E-state index in [0.717, 1.165) is 21.8 Å². The highest BCUT2D eigenvalue weighted by Crippen LogP contribution is 2.29. The van der Waals surface area contributed by atoms with E-state index in [1.54, 1.807) is 31.0 Å². The van der Waals surface area contributed by atoms with Crippen LogP contribution in [0.4, 0.5) is 5.69 Å². The van der Waals surface area contributed by atoms with E-state index in [0.29, 0.717) is 5.69 Å². The van der Waals surface area contributed by atoms with Gasteiger partial charge in [-0.3, -0.25) is 4.79 Å². The Balaban J connectivity index is 1.90. The Morgan fingerprint density at radius 1 is 1.12 bits per heavy atom. The molecule has 0 radical (unpaired) electrons. The van der Waals surface area contributed by atoms with Gasteiger partial charge in [0.2, 0.25) is 5.91 Å². The highest BCUT2D eigenvalue weighted by molar-refractivity contribution is 7.99. The van der Waals surface area contributed by atoms with E-state index in [1.165, 1.54) is 0 Å². The molecule has 0 bridgehead atoms. The van der Waals surface area contributed by atoms with Crippen molar-refractivity contribution >= 4 is 33.2 Å². The van der Waals surface area contributed by atoms with Gasteiger partial charge in [-0.1, -0.05) is 11.8 Å². The van der Waals surface area contributed by atoms with E-state index in [1.807, 2.05) is 36.4 Å². The maximum absolute atomic E-state index is 12.0. The SMILES string of the molecule is COc1ccc(Sc2ccc(NC(=O)C(N)CCS(C)(=O)=O)cc2)cc1. The van der Waals surface area contributed by atoms with Gasteiger partial charge in [-0.2, -0.15) is 0 Å². The van der Waals surface area contributed by atoms with Crippen molar-refractivity contribution in [2.45, 2.75) is 22.3 Å². The number of benzene rings is 2. The second kappa shape index (κ2) is 9.07. The van der Waals surface area contributed by atoms with Crippen LogP contribution in [0.1, 0.15) is 6.42 Å². The lowest BCUT2D eigenvalue weighted by Gasteiger charge is -2.12. The molecule has 0 spiro atoms. The van der Waals surface area contributed by atoms with Crippen LogP contribution in [0.25, 0.3) is 0 Å². The number of hydrogen-bond donors (Lipinski definition) is 2. The zero-order chi connectivity index (χ0) is 19.2.